The number of benzene rings is 2. The molecule has 0 heterocycles. The molecule has 0 aromatic heterocycles. The van der Waals surface area contributed by atoms with Gasteiger partial charge in [0.05, 0.1) is 7.11 Å². The van der Waals surface area contributed by atoms with Crippen molar-refractivity contribution in [1.29, 1.82) is 0 Å². The summed E-state index contributed by atoms with van der Waals surface area (Å²) in [6, 6.07) is 17.2. The number of aryl methyl sites for hydroxylation is 1. The van der Waals surface area contributed by atoms with Gasteiger partial charge in [-0.3, -0.25) is 0 Å². The Kier molecular flexibility index (Phi) is 6.56. The van der Waals surface area contributed by atoms with Crippen LogP contribution in [0.4, 0.5) is 0 Å². The van der Waals surface area contributed by atoms with Crippen molar-refractivity contribution in [3.63, 3.8) is 0 Å². The maximum absolute atomic E-state index is 5.18. The quantitative estimate of drug-likeness (QED) is 0.580. The summed E-state index contributed by atoms with van der Waals surface area (Å²) in [5.74, 6) is 8.14. The molecule has 0 saturated carbocycles. The highest BCUT2D eigenvalue weighted by molar-refractivity contribution is 5.43. The Hall–Kier alpha value is -2.46. The second kappa shape index (κ2) is 9.30. The van der Waals surface area contributed by atoms with Crippen molar-refractivity contribution >= 4 is 0 Å². The van der Waals surface area contributed by atoms with Crippen LogP contribution in [0.25, 0.3) is 0 Å². The second-order valence-corrected chi connectivity index (χ2v) is 7.02. The van der Waals surface area contributed by atoms with Crippen LogP contribution >= 0.6 is 0 Å². The van der Waals surface area contributed by atoms with Crippen LogP contribution < -0.4 is 4.74 Å². The van der Waals surface area contributed by atoms with Crippen molar-refractivity contribution in [3.8, 4) is 17.6 Å². The van der Waals surface area contributed by atoms with Gasteiger partial charge in [0.2, 0.25) is 0 Å². The van der Waals surface area contributed by atoms with Crippen LogP contribution in [0.1, 0.15) is 61.6 Å². The summed E-state index contributed by atoms with van der Waals surface area (Å²) >= 11 is 0. The molecule has 1 atom stereocenters. The van der Waals surface area contributed by atoms with Crippen molar-refractivity contribution in [3.05, 3.63) is 76.9 Å². The smallest absolute Gasteiger partial charge is 0.118 e. The van der Waals surface area contributed by atoms with Gasteiger partial charge in [0.25, 0.3) is 0 Å². The highest BCUT2D eigenvalue weighted by Gasteiger charge is 2.15. The molecular formula is C25H28O. The fourth-order valence-corrected chi connectivity index (χ4v) is 3.41. The van der Waals surface area contributed by atoms with Crippen LogP contribution in [0.3, 0.4) is 0 Å². The first kappa shape index (κ1) is 18.3. The van der Waals surface area contributed by atoms with Gasteiger partial charge in [-0.25, -0.2) is 0 Å². The molecule has 1 unspecified atom stereocenters. The zero-order valence-corrected chi connectivity index (χ0v) is 15.9. The van der Waals surface area contributed by atoms with Gasteiger partial charge in [-0.2, -0.15) is 0 Å². The molecule has 2 aromatic carbocycles. The molecule has 0 aliphatic heterocycles. The molecule has 26 heavy (non-hydrogen) atoms. The molecule has 0 N–H and O–H groups in total. The Morgan fingerprint density at radius 3 is 2.38 bits per heavy atom. The van der Waals surface area contributed by atoms with E-state index in [9.17, 15) is 0 Å². The van der Waals surface area contributed by atoms with Crippen molar-refractivity contribution in [2.24, 2.45) is 0 Å². The number of methoxy groups -OCH3 is 1. The fraction of sp³-hybridized carbons (Fsp3) is 0.360. The zero-order chi connectivity index (χ0) is 18.2. The molecule has 2 aromatic rings. The monoisotopic (exact) mass is 344 g/mol. The van der Waals surface area contributed by atoms with Gasteiger partial charge in [-0.1, -0.05) is 55.5 Å². The minimum Gasteiger partial charge on any atom is -0.497 e. The molecule has 3 rings (SSSR count). The van der Waals surface area contributed by atoms with E-state index in [4.69, 9.17) is 4.74 Å². The number of hydrogen-bond acceptors (Lipinski definition) is 1. The van der Waals surface area contributed by atoms with Crippen molar-refractivity contribution in [2.45, 2.75) is 51.4 Å². The summed E-state index contributed by atoms with van der Waals surface area (Å²) in [5, 5.41) is 0. The summed E-state index contributed by atoms with van der Waals surface area (Å²) in [7, 11) is 1.68. The first-order valence-electron chi connectivity index (χ1n) is 9.72. The Morgan fingerprint density at radius 1 is 1.00 bits per heavy atom. The number of hydrogen-bond donors (Lipinski definition) is 0. The molecule has 0 bridgehead atoms. The molecule has 134 valence electrons. The van der Waals surface area contributed by atoms with E-state index in [0.717, 1.165) is 24.2 Å². The topological polar surface area (TPSA) is 9.23 Å². The van der Waals surface area contributed by atoms with Gasteiger partial charge in [0.1, 0.15) is 5.75 Å². The predicted molar refractivity (Wildman–Crippen MR) is 110 cm³/mol. The predicted octanol–water partition coefficient (Wildman–Crippen LogP) is 6.28. The average molecular weight is 344 g/mol. The number of unbranched alkanes of at least 4 members (excludes halogenated alkanes) is 1. The van der Waals surface area contributed by atoms with E-state index >= 15 is 0 Å². The minimum atomic E-state index is 0.641. The van der Waals surface area contributed by atoms with Gasteiger partial charge in [0, 0.05) is 5.56 Å². The Bertz CT molecular complexity index is 785. The van der Waals surface area contributed by atoms with Crippen molar-refractivity contribution in [2.75, 3.05) is 7.11 Å². The van der Waals surface area contributed by atoms with Gasteiger partial charge < -0.3 is 4.74 Å². The van der Waals surface area contributed by atoms with Gasteiger partial charge in [0.15, 0.2) is 0 Å². The molecule has 1 heteroatoms. The molecule has 1 aliphatic carbocycles. The van der Waals surface area contributed by atoms with Crippen LogP contribution in [0.15, 0.2) is 60.2 Å². The van der Waals surface area contributed by atoms with Crippen LogP contribution in [-0.2, 0) is 6.42 Å². The van der Waals surface area contributed by atoms with E-state index in [1.807, 2.05) is 24.3 Å². The van der Waals surface area contributed by atoms with Gasteiger partial charge >= 0.3 is 0 Å². The Labute approximate surface area is 158 Å². The lowest BCUT2D eigenvalue weighted by Gasteiger charge is -2.20. The second-order valence-electron chi connectivity index (χ2n) is 7.02. The molecule has 0 saturated heterocycles. The SMILES string of the molecule is CCCCc1ccc(C2CC=C(C#Cc3ccc(OC)cc3)CC2)cc1. The van der Waals surface area contributed by atoms with Crippen molar-refractivity contribution < 1.29 is 4.74 Å². The molecule has 0 radical (unpaired) electrons. The Morgan fingerprint density at radius 2 is 1.77 bits per heavy atom. The fourth-order valence-electron chi connectivity index (χ4n) is 3.41. The summed E-state index contributed by atoms with van der Waals surface area (Å²) < 4.78 is 5.18. The van der Waals surface area contributed by atoms with E-state index in [1.165, 1.54) is 42.4 Å². The Balaban J connectivity index is 1.58. The number of allylic oxidation sites excluding steroid dienone is 2. The normalized spacial score (nSPS) is 16.4. The first-order chi connectivity index (χ1) is 12.8. The summed E-state index contributed by atoms with van der Waals surface area (Å²) in [4.78, 5) is 0. The highest BCUT2D eigenvalue weighted by Crippen LogP contribution is 2.32. The minimum absolute atomic E-state index is 0.641. The number of ether oxygens (including phenoxy) is 1. The van der Waals surface area contributed by atoms with Gasteiger partial charge in [-0.15, -0.1) is 0 Å². The average Bonchev–Trinajstić information content (AvgIpc) is 2.72. The highest BCUT2D eigenvalue weighted by atomic mass is 16.5. The van der Waals surface area contributed by atoms with E-state index in [2.05, 4.69) is 49.1 Å². The zero-order valence-electron chi connectivity index (χ0n) is 15.9. The lowest BCUT2D eigenvalue weighted by Crippen LogP contribution is -2.04. The molecular weight excluding hydrogens is 316 g/mol. The van der Waals surface area contributed by atoms with E-state index in [1.54, 1.807) is 7.11 Å². The standard InChI is InChI=1S/C25H28O/c1-3-4-5-20-8-14-23(15-9-20)24-16-10-21(11-17-24)6-7-22-12-18-25(26-2)19-13-22/h8-10,12-15,18-19,24H,3-5,11,16-17H2,1-2H3. The van der Waals surface area contributed by atoms with Crippen LogP contribution in [-0.4, -0.2) is 7.11 Å². The van der Waals surface area contributed by atoms with Crippen molar-refractivity contribution in [1.82, 2.24) is 0 Å². The summed E-state index contributed by atoms with van der Waals surface area (Å²) in [6.45, 7) is 2.25. The summed E-state index contributed by atoms with van der Waals surface area (Å²) in [6.07, 6.45) is 9.43. The molecule has 1 aliphatic rings. The third-order valence-electron chi connectivity index (χ3n) is 5.14. The first-order valence-corrected chi connectivity index (χ1v) is 9.72. The maximum Gasteiger partial charge on any atom is 0.118 e. The molecule has 0 amide bonds. The molecule has 1 nitrogen and oxygen atoms in total. The van der Waals surface area contributed by atoms with E-state index < -0.39 is 0 Å². The third kappa shape index (κ3) is 5.02. The maximum atomic E-state index is 5.18. The molecule has 0 spiro atoms. The lowest BCUT2D eigenvalue weighted by atomic mass is 9.84. The third-order valence-corrected chi connectivity index (χ3v) is 5.14. The van der Waals surface area contributed by atoms with E-state index in [0.29, 0.717) is 5.92 Å². The van der Waals surface area contributed by atoms with Crippen LogP contribution in [0.5, 0.6) is 5.75 Å². The van der Waals surface area contributed by atoms with E-state index in [-0.39, 0.29) is 0 Å². The summed E-state index contributed by atoms with van der Waals surface area (Å²) in [5.41, 5.74) is 5.25. The van der Waals surface area contributed by atoms with Crippen LogP contribution in [0, 0.1) is 11.8 Å². The molecule has 0 fully saturated rings. The lowest BCUT2D eigenvalue weighted by molar-refractivity contribution is 0.415. The number of rotatable bonds is 5. The van der Waals surface area contributed by atoms with Gasteiger partial charge in [-0.05, 0) is 79.0 Å². The van der Waals surface area contributed by atoms with Crippen LogP contribution in [0.2, 0.25) is 0 Å². The largest absolute Gasteiger partial charge is 0.497 e.